The molecule has 0 unspecified atom stereocenters. The summed E-state index contributed by atoms with van der Waals surface area (Å²) in [6.45, 7) is 0. The summed E-state index contributed by atoms with van der Waals surface area (Å²) in [6.07, 6.45) is 2.06. The van der Waals surface area contributed by atoms with E-state index in [1.807, 2.05) is 12.1 Å². The van der Waals surface area contributed by atoms with Crippen molar-refractivity contribution in [2.24, 2.45) is 0 Å². The molecule has 4 rings (SSSR count). The summed E-state index contributed by atoms with van der Waals surface area (Å²) in [5.41, 5.74) is 2.62. The van der Waals surface area contributed by atoms with E-state index in [-0.39, 0.29) is 11.9 Å². The van der Waals surface area contributed by atoms with Gasteiger partial charge in [0.25, 0.3) is 5.91 Å². The van der Waals surface area contributed by atoms with Gasteiger partial charge in [-0.15, -0.1) is 0 Å². The van der Waals surface area contributed by atoms with Crippen LogP contribution in [0.2, 0.25) is 5.02 Å². The van der Waals surface area contributed by atoms with E-state index in [1.165, 1.54) is 0 Å². The van der Waals surface area contributed by atoms with Gasteiger partial charge in [-0.05, 0) is 55.2 Å². The number of methoxy groups -OCH3 is 1. The Morgan fingerprint density at radius 3 is 2.69 bits per heavy atom. The molecule has 0 bridgehead atoms. The van der Waals surface area contributed by atoms with Gasteiger partial charge in [0.15, 0.2) is 0 Å². The summed E-state index contributed by atoms with van der Waals surface area (Å²) in [5.74, 6) is 6.49. The molecule has 2 aromatic carbocycles. The van der Waals surface area contributed by atoms with E-state index in [0.717, 1.165) is 18.4 Å². The molecule has 2 N–H and O–H groups in total. The number of H-pyrrole nitrogens is 1. The third-order valence-electron chi connectivity index (χ3n) is 4.21. The maximum Gasteiger partial charge on any atom is 0.255 e. The highest BCUT2D eigenvalue weighted by Gasteiger charge is 2.26. The Labute approximate surface area is 155 Å². The Bertz CT molecular complexity index is 1040. The van der Waals surface area contributed by atoms with Gasteiger partial charge in [-0.25, -0.2) is 0 Å². The van der Waals surface area contributed by atoms with Crippen LogP contribution in [0.15, 0.2) is 36.4 Å². The van der Waals surface area contributed by atoms with E-state index in [9.17, 15) is 4.79 Å². The standard InChI is InChI=1S/C20H16ClN3O2/c1-26-19-15(20(25)22-14-7-8-14)9-11-17-18(19)16(23-24-17)10-4-12-2-5-13(21)6-3-12/h2-3,5-6,9,11,14H,7-8H2,1H3,(H,22,25)(H,23,24). The number of amides is 1. The lowest BCUT2D eigenvalue weighted by Gasteiger charge is -2.09. The molecular weight excluding hydrogens is 350 g/mol. The van der Waals surface area contributed by atoms with Gasteiger partial charge in [0, 0.05) is 16.6 Å². The molecule has 26 heavy (non-hydrogen) atoms. The van der Waals surface area contributed by atoms with Crippen molar-refractivity contribution in [1.29, 1.82) is 0 Å². The minimum absolute atomic E-state index is 0.135. The molecule has 3 aromatic rings. The van der Waals surface area contributed by atoms with Crippen LogP contribution in [0.4, 0.5) is 0 Å². The third kappa shape index (κ3) is 3.24. The summed E-state index contributed by atoms with van der Waals surface area (Å²) in [6, 6.07) is 11.1. The Morgan fingerprint density at radius 2 is 2.00 bits per heavy atom. The van der Waals surface area contributed by atoms with Crippen LogP contribution in [0.3, 0.4) is 0 Å². The molecule has 0 atom stereocenters. The average molecular weight is 366 g/mol. The Morgan fingerprint density at radius 1 is 1.23 bits per heavy atom. The smallest absolute Gasteiger partial charge is 0.255 e. The van der Waals surface area contributed by atoms with E-state index in [1.54, 1.807) is 31.4 Å². The van der Waals surface area contributed by atoms with Crippen LogP contribution in [0.5, 0.6) is 5.75 Å². The number of carbonyl (C=O) groups excluding carboxylic acids is 1. The fourth-order valence-electron chi connectivity index (χ4n) is 2.72. The van der Waals surface area contributed by atoms with E-state index in [4.69, 9.17) is 16.3 Å². The Hall–Kier alpha value is -2.97. The maximum absolute atomic E-state index is 12.5. The van der Waals surface area contributed by atoms with Crippen LogP contribution in [0, 0.1) is 11.8 Å². The summed E-state index contributed by atoms with van der Waals surface area (Å²) in [4.78, 5) is 12.5. The lowest BCUT2D eigenvalue weighted by Crippen LogP contribution is -2.25. The van der Waals surface area contributed by atoms with Gasteiger partial charge in [0.1, 0.15) is 11.4 Å². The van der Waals surface area contributed by atoms with E-state index in [2.05, 4.69) is 27.4 Å². The SMILES string of the molecule is COc1c(C(=O)NC2CC2)ccc2n[nH]c(C#Cc3ccc(Cl)cc3)c12. The van der Waals surface area contributed by atoms with Crippen LogP contribution in [0.25, 0.3) is 10.9 Å². The maximum atomic E-state index is 12.5. The highest BCUT2D eigenvalue weighted by Crippen LogP contribution is 2.32. The number of carbonyl (C=O) groups is 1. The predicted molar refractivity (Wildman–Crippen MR) is 101 cm³/mol. The van der Waals surface area contributed by atoms with Crippen LogP contribution in [-0.2, 0) is 0 Å². The van der Waals surface area contributed by atoms with E-state index in [0.29, 0.717) is 32.9 Å². The molecule has 0 radical (unpaired) electrons. The van der Waals surface area contributed by atoms with Crippen molar-refractivity contribution in [3.05, 3.63) is 58.2 Å². The molecule has 1 aromatic heterocycles. The minimum atomic E-state index is -0.135. The molecule has 1 fully saturated rings. The number of rotatable bonds is 3. The molecule has 1 aliphatic carbocycles. The molecule has 0 saturated heterocycles. The highest BCUT2D eigenvalue weighted by molar-refractivity contribution is 6.30. The summed E-state index contributed by atoms with van der Waals surface area (Å²) < 4.78 is 5.54. The van der Waals surface area contributed by atoms with Crippen molar-refractivity contribution in [1.82, 2.24) is 15.5 Å². The molecule has 5 nitrogen and oxygen atoms in total. The number of aromatic amines is 1. The van der Waals surface area contributed by atoms with Crippen molar-refractivity contribution in [3.8, 4) is 17.6 Å². The average Bonchev–Trinajstić information content (AvgIpc) is 3.37. The predicted octanol–water partition coefficient (Wildman–Crippen LogP) is 3.52. The van der Waals surface area contributed by atoms with Gasteiger partial charge in [0.05, 0.1) is 23.6 Å². The van der Waals surface area contributed by atoms with Crippen molar-refractivity contribution in [2.75, 3.05) is 7.11 Å². The lowest BCUT2D eigenvalue weighted by atomic mass is 10.1. The minimum Gasteiger partial charge on any atom is -0.495 e. The van der Waals surface area contributed by atoms with E-state index >= 15 is 0 Å². The molecule has 0 aliphatic heterocycles. The van der Waals surface area contributed by atoms with Crippen LogP contribution < -0.4 is 10.1 Å². The first-order valence-corrected chi connectivity index (χ1v) is 8.67. The fourth-order valence-corrected chi connectivity index (χ4v) is 2.85. The number of fused-ring (bicyclic) bond motifs is 1. The first-order chi connectivity index (χ1) is 12.7. The molecule has 1 heterocycles. The molecule has 1 aliphatic rings. The zero-order valence-corrected chi connectivity index (χ0v) is 14.9. The topological polar surface area (TPSA) is 67.0 Å². The van der Waals surface area contributed by atoms with Crippen molar-refractivity contribution < 1.29 is 9.53 Å². The number of aromatic nitrogens is 2. The molecule has 130 valence electrons. The number of ether oxygens (including phenoxy) is 1. The Balaban J connectivity index is 1.76. The summed E-state index contributed by atoms with van der Waals surface area (Å²) >= 11 is 5.90. The number of benzene rings is 2. The lowest BCUT2D eigenvalue weighted by molar-refractivity contribution is 0.0948. The summed E-state index contributed by atoms with van der Waals surface area (Å²) in [7, 11) is 1.55. The quantitative estimate of drug-likeness (QED) is 0.698. The Kier molecular flexibility index (Phi) is 4.27. The van der Waals surface area contributed by atoms with E-state index < -0.39 is 0 Å². The number of hydrogen-bond acceptors (Lipinski definition) is 3. The second-order valence-electron chi connectivity index (χ2n) is 6.14. The van der Waals surface area contributed by atoms with Gasteiger partial charge < -0.3 is 10.1 Å². The molecule has 1 saturated carbocycles. The zero-order chi connectivity index (χ0) is 18.1. The monoisotopic (exact) mass is 365 g/mol. The molecule has 6 heteroatoms. The van der Waals surface area contributed by atoms with Crippen molar-refractivity contribution in [2.45, 2.75) is 18.9 Å². The molecule has 1 amide bonds. The van der Waals surface area contributed by atoms with Gasteiger partial charge >= 0.3 is 0 Å². The first-order valence-electron chi connectivity index (χ1n) is 8.29. The van der Waals surface area contributed by atoms with Crippen molar-refractivity contribution >= 4 is 28.4 Å². The summed E-state index contributed by atoms with van der Waals surface area (Å²) in [5, 5.41) is 11.5. The number of nitrogens with one attached hydrogen (secondary N) is 2. The molecule has 0 spiro atoms. The largest absolute Gasteiger partial charge is 0.495 e. The molecular formula is C20H16ClN3O2. The fraction of sp³-hybridized carbons (Fsp3) is 0.200. The normalized spacial score (nSPS) is 13.2. The highest BCUT2D eigenvalue weighted by atomic mass is 35.5. The number of hydrogen-bond donors (Lipinski definition) is 2. The van der Waals surface area contributed by atoms with Crippen LogP contribution in [-0.4, -0.2) is 29.3 Å². The van der Waals surface area contributed by atoms with Crippen LogP contribution >= 0.6 is 11.6 Å². The van der Waals surface area contributed by atoms with Gasteiger partial charge in [-0.1, -0.05) is 17.5 Å². The third-order valence-corrected chi connectivity index (χ3v) is 4.46. The van der Waals surface area contributed by atoms with Crippen LogP contribution in [0.1, 0.15) is 34.5 Å². The zero-order valence-electron chi connectivity index (χ0n) is 14.1. The number of nitrogens with zero attached hydrogens (tertiary/aromatic N) is 1. The second kappa shape index (κ2) is 6.74. The van der Waals surface area contributed by atoms with Gasteiger partial charge in [-0.2, -0.15) is 5.10 Å². The first kappa shape index (κ1) is 16.5. The van der Waals surface area contributed by atoms with Gasteiger partial charge in [0.2, 0.25) is 0 Å². The second-order valence-corrected chi connectivity index (χ2v) is 6.58. The van der Waals surface area contributed by atoms with Crippen molar-refractivity contribution in [3.63, 3.8) is 0 Å². The number of halogens is 1. The van der Waals surface area contributed by atoms with Gasteiger partial charge in [-0.3, -0.25) is 9.89 Å².